The summed E-state index contributed by atoms with van der Waals surface area (Å²) in [6, 6.07) is 0. The van der Waals surface area contributed by atoms with Gasteiger partial charge in [-0.05, 0) is 0 Å². The molecule has 0 saturated heterocycles. The van der Waals surface area contributed by atoms with Crippen LogP contribution in [-0.4, -0.2) is 34.0 Å². The summed E-state index contributed by atoms with van der Waals surface area (Å²) in [5, 5.41) is 17.4. The molecular weight excluding hydrogens is 282 g/mol. The van der Waals surface area contributed by atoms with Crippen LogP contribution in [0.5, 0.6) is 0 Å². The normalized spacial score (nSPS) is 10.1. The fraction of sp³-hybridized carbons (Fsp3) is 0. The maximum Gasteiger partial charge on any atom is 0.339 e. The van der Waals surface area contributed by atoms with E-state index in [1.165, 1.54) is 0 Å². The van der Waals surface area contributed by atoms with Crippen LogP contribution in [0, 0.1) is 11.6 Å². The van der Waals surface area contributed by atoms with Gasteiger partial charge in [0, 0.05) is 0 Å². The number of carboxylic acid groups (broad SMARTS) is 2. The molecule has 0 aliphatic heterocycles. The van der Waals surface area contributed by atoms with Gasteiger partial charge in [-0.15, -0.1) is 0 Å². The number of hydrogen-bond acceptors (Lipinski definition) is 4. The number of aromatic carboxylic acids is 2. The topological polar surface area (TPSA) is 161 Å². The number of benzene rings is 1. The van der Waals surface area contributed by atoms with Crippen molar-refractivity contribution in [3.05, 3.63) is 33.9 Å². The molecule has 106 valence electrons. The van der Waals surface area contributed by atoms with Gasteiger partial charge in [0.1, 0.15) is 11.1 Å². The highest BCUT2D eigenvalue weighted by Crippen LogP contribution is 2.26. The highest BCUT2D eigenvalue weighted by Gasteiger charge is 2.35. The molecule has 0 heterocycles. The molecule has 1 aromatic rings. The number of primary amides is 2. The SMILES string of the molecule is NC(=O)c1c(F)c(C(=O)O)c(C(=O)O)c(F)c1C(N)=O. The second kappa shape index (κ2) is 4.91. The minimum Gasteiger partial charge on any atom is -0.478 e. The molecule has 0 unspecified atom stereocenters. The summed E-state index contributed by atoms with van der Waals surface area (Å²) in [6.45, 7) is 0. The minimum absolute atomic E-state index is 1.42. The summed E-state index contributed by atoms with van der Waals surface area (Å²) in [5.74, 6) is -11.5. The van der Waals surface area contributed by atoms with Crippen LogP contribution in [0.15, 0.2) is 0 Å². The van der Waals surface area contributed by atoms with E-state index in [0.29, 0.717) is 0 Å². The van der Waals surface area contributed by atoms with Crippen molar-refractivity contribution in [1.29, 1.82) is 0 Å². The van der Waals surface area contributed by atoms with Crippen LogP contribution in [0.25, 0.3) is 0 Å². The number of hydrogen-bond donors (Lipinski definition) is 4. The van der Waals surface area contributed by atoms with Gasteiger partial charge >= 0.3 is 11.9 Å². The molecule has 20 heavy (non-hydrogen) atoms. The van der Waals surface area contributed by atoms with Crippen LogP contribution in [-0.2, 0) is 0 Å². The Labute approximate surface area is 108 Å². The smallest absolute Gasteiger partial charge is 0.339 e. The lowest BCUT2D eigenvalue weighted by Crippen LogP contribution is -2.28. The summed E-state index contributed by atoms with van der Waals surface area (Å²) >= 11 is 0. The van der Waals surface area contributed by atoms with Crippen molar-refractivity contribution in [3.8, 4) is 0 Å². The first-order valence-corrected chi connectivity index (χ1v) is 4.72. The molecule has 0 fully saturated rings. The number of carbonyl (C=O) groups excluding carboxylic acids is 2. The van der Waals surface area contributed by atoms with E-state index in [4.69, 9.17) is 21.7 Å². The van der Waals surface area contributed by atoms with Crippen molar-refractivity contribution in [2.24, 2.45) is 11.5 Å². The maximum absolute atomic E-state index is 13.9. The molecule has 1 aromatic carbocycles. The van der Waals surface area contributed by atoms with Crippen LogP contribution >= 0.6 is 0 Å². The molecule has 0 atom stereocenters. The average molecular weight is 288 g/mol. The number of carbonyl (C=O) groups is 4. The Morgan fingerprint density at radius 3 is 1.10 bits per heavy atom. The molecule has 0 spiro atoms. The summed E-state index contributed by atoms with van der Waals surface area (Å²) in [4.78, 5) is 43.7. The monoisotopic (exact) mass is 288 g/mol. The molecule has 8 nitrogen and oxygen atoms in total. The standard InChI is InChI=1S/C10H6F2N2O6/c11-5-1(7(13)15)2(8(14)16)6(12)4(10(19)20)3(5)9(17)18/h(H2,13,15)(H2,14,16)(H,17,18)(H,19,20). The lowest BCUT2D eigenvalue weighted by atomic mass is 9.95. The van der Waals surface area contributed by atoms with Crippen molar-refractivity contribution in [2.75, 3.05) is 0 Å². The zero-order chi connectivity index (χ0) is 15.8. The van der Waals surface area contributed by atoms with E-state index in [-0.39, 0.29) is 0 Å². The van der Waals surface area contributed by atoms with Crippen molar-refractivity contribution < 1.29 is 38.2 Å². The van der Waals surface area contributed by atoms with E-state index in [2.05, 4.69) is 0 Å². The highest BCUT2D eigenvalue weighted by atomic mass is 19.1. The van der Waals surface area contributed by atoms with Gasteiger partial charge in [-0.1, -0.05) is 0 Å². The fourth-order valence-corrected chi connectivity index (χ4v) is 1.55. The molecular formula is C10H6F2N2O6. The quantitative estimate of drug-likeness (QED) is 0.587. The van der Waals surface area contributed by atoms with E-state index in [9.17, 15) is 28.0 Å². The summed E-state index contributed by atoms with van der Waals surface area (Å²) < 4.78 is 27.8. The Hall–Kier alpha value is -3.04. The Kier molecular flexibility index (Phi) is 3.69. The van der Waals surface area contributed by atoms with Crippen molar-refractivity contribution in [1.82, 2.24) is 0 Å². The van der Waals surface area contributed by atoms with E-state index < -0.39 is 57.6 Å². The predicted molar refractivity (Wildman–Crippen MR) is 57.3 cm³/mol. The Balaban J connectivity index is 4.10. The molecule has 2 amide bonds. The Morgan fingerprint density at radius 1 is 0.700 bits per heavy atom. The lowest BCUT2D eigenvalue weighted by Gasteiger charge is -2.12. The van der Waals surface area contributed by atoms with Crippen LogP contribution in [0.3, 0.4) is 0 Å². The van der Waals surface area contributed by atoms with E-state index in [1.54, 1.807) is 0 Å². The third kappa shape index (κ3) is 2.13. The van der Waals surface area contributed by atoms with Crippen LogP contribution < -0.4 is 11.5 Å². The van der Waals surface area contributed by atoms with Crippen LogP contribution in [0.2, 0.25) is 0 Å². The van der Waals surface area contributed by atoms with Crippen molar-refractivity contribution in [3.63, 3.8) is 0 Å². The van der Waals surface area contributed by atoms with Gasteiger partial charge in [0.15, 0.2) is 11.6 Å². The fourth-order valence-electron chi connectivity index (χ4n) is 1.55. The zero-order valence-corrected chi connectivity index (χ0v) is 9.44. The second-order valence-corrected chi connectivity index (χ2v) is 3.47. The molecule has 1 rings (SSSR count). The van der Waals surface area contributed by atoms with Gasteiger partial charge in [0.25, 0.3) is 11.8 Å². The average Bonchev–Trinajstić information content (AvgIpc) is 2.28. The van der Waals surface area contributed by atoms with Gasteiger partial charge in [-0.3, -0.25) is 9.59 Å². The van der Waals surface area contributed by atoms with E-state index >= 15 is 0 Å². The third-order valence-corrected chi connectivity index (χ3v) is 2.30. The molecule has 6 N–H and O–H groups in total. The van der Waals surface area contributed by atoms with Crippen LogP contribution in [0.1, 0.15) is 41.4 Å². The molecule has 0 aliphatic carbocycles. The third-order valence-electron chi connectivity index (χ3n) is 2.30. The highest BCUT2D eigenvalue weighted by molar-refractivity contribution is 6.12. The van der Waals surface area contributed by atoms with Crippen molar-refractivity contribution >= 4 is 23.8 Å². The molecule has 0 radical (unpaired) electrons. The lowest BCUT2D eigenvalue weighted by molar-refractivity contribution is 0.0641. The predicted octanol–water partition coefficient (Wildman–Crippen LogP) is -0.441. The molecule has 0 saturated carbocycles. The maximum atomic E-state index is 13.9. The second-order valence-electron chi connectivity index (χ2n) is 3.47. The molecule has 10 heteroatoms. The number of rotatable bonds is 4. The van der Waals surface area contributed by atoms with E-state index in [1.807, 2.05) is 0 Å². The number of carboxylic acids is 2. The first kappa shape index (κ1) is 15.0. The first-order chi connectivity index (χ1) is 9.11. The first-order valence-electron chi connectivity index (χ1n) is 4.72. The summed E-state index contributed by atoms with van der Waals surface area (Å²) in [6.07, 6.45) is 0. The Bertz CT molecular complexity index is 560. The molecule has 0 bridgehead atoms. The van der Waals surface area contributed by atoms with Gasteiger partial charge in [0.2, 0.25) is 0 Å². The van der Waals surface area contributed by atoms with Gasteiger partial charge in [-0.25, -0.2) is 18.4 Å². The van der Waals surface area contributed by atoms with Gasteiger partial charge < -0.3 is 21.7 Å². The summed E-state index contributed by atoms with van der Waals surface area (Å²) in [5.41, 5.74) is 3.35. The number of halogens is 2. The largest absolute Gasteiger partial charge is 0.478 e. The van der Waals surface area contributed by atoms with Gasteiger partial charge in [-0.2, -0.15) is 0 Å². The van der Waals surface area contributed by atoms with Crippen molar-refractivity contribution in [2.45, 2.75) is 0 Å². The number of amides is 2. The molecule has 0 aromatic heterocycles. The zero-order valence-electron chi connectivity index (χ0n) is 9.44. The van der Waals surface area contributed by atoms with Crippen LogP contribution in [0.4, 0.5) is 8.78 Å². The van der Waals surface area contributed by atoms with E-state index in [0.717, 1.165) is 0 Å². The molecule has 0 aliphatic rings. The Morgan fingerprint density at radius 2 is 0.950 bits per heavy atom. The minimum atomic E-state index is -2.16. The van der Waals surface area contributed by atoms with Gasteiger partial charge in [0.05, 0.1) is 11.1 Å². The number of nitrogens with two attached hydrogens (primary N) is 2. The summed E-state index contributed by atoms with van der Waals surface area (Å²) in [7, 11) is 0.